The standard InChI is InChI=1S/C11H16ClN3/c1-4-9-13-10(12)7(2)11(14-9)15(3)8-5-6-8/h8H,4-6H2,1-3H3. The zero-order valence-electron chi connectivity index (χ0n) is 9.42. The van der Waals surface area contributed by atoms with Crippen LogP contribution in [0.3, 0.4) is 0 Å². The Labute approximate surface area is 95.5 Å². The van der Waals surface area contributed by atoms with Gasteiger partial charge in [-0.15, -0.1) is 0 Å². The molecule has 1 aromatic heterocycles. The van der Waals surface area contributed by atoms with Gasteiger partial charge in [0.1, 0.15) is 16.8 Å². The number of halogens is 1. The molecule has 2 rings (SSSR count). The van der Waals surface area contributed by atoms with Gasteiger partial charge in [-0.3, -0.25) is 0 Å². The van der Waals surface area contributed by atoms with Crippen molar-refractivity contribution in [1.82, 2.24) is 9.97 Å². The summed E-state index contributed by atoms with van der Waals surface area (Å²) in [6.45, 7) is 4.03. The lowest BCUT2D eigenvalue weighted by Crippen LogP contribution is -2.22. The fourth-order valence-corrected chi connectivity index (χ4v) is 1.84. The summed E-state index contributed by atoms with van der Waals surface area (Å²) >= 11 is 6.09. The van der Waals surface area contributed by atoms with Gasteiger partial charge in [-0.05, 0) is 19.8 Å². The third kappa shape index (κ3) is 2.07. The van der Waals surface area contributed by atoms with E-state index in [4.69, 9.17) is 11.6 Å². The lowest BCUT2D eigenvalue weighted by Gasteiger charge is -2.20. The predicted molar refractivity (Wildman–Crippen MR) is 62.6 cm³/mol. The Morgan fingerprint density at radius 2 is 2.07 bits per heavy atom. The van der Waals surface area contributed by atoms with Crippen molar-refractivity contribution in [2.75, 3.05) is 11.9 Å². The maximum atomic E-state index is 6.09. The normalized spacial score (nSPS) is 15.5. The number of rotatable bonds is 3. The van der Waals surface area contributed by atoms with Gasteiger partial charge in [0.25, 0.3) is 0 Å². The number of aromatic nitrogens is 2. The fraction of sp³-hybridized carbons (Fsp3) is 0.636. The Bertz CT molecular complexity index is 374. The summed E-state index contributed by atoms with van der Waals surface area (Å²) in [7, 11) is 2.09. The number of nitrogens with zero attached hydrogens (tertiary/aromatic N) is 3. The molecule has 0 atom stereocenters. The molecule has 0 radical (unpaired) electrons. The monoisotopic (exact) mass is 225 g/mol. The second kappa shape index (κ2) is 3.97. The molecule has 1 aliphatic carbocycles. The molecule has 0 bridgehead atoms. The Kier molecular flexibility index (Phi) is 2.83. The number of aryl methyl sites for hydroxylation is 1. The van der Waals surface area contributed by atoms with E-state index in [1.165, 1.54) is 12.8 Å². The summed E-state index contributed by atoms with van der Waals surface area (Å²) in [4.78, 5) is 11.0. The molecule has 1 fully saturated rings. The zero-order valence-corrected chi connectivity index (χ0v) is 10.2. The average Bonchev–Trinajstić information content (AvgIpc) is 3.04. The van der Waals surface area contributed by atoms with Crippen LogP contribution in [0.25, 0.3) is 0 Å². The Morgan fingerprint density at radius 1 is 1.40 bits per heavy atom. The summed E-state index contributed by atoms with van der Waals surface area (Å²) < 4.78 is 0. The minimum Gasteiger partial charge on any atom is -0.356 e. The van der Waals surface area contributed by atoms with Crippen LogP contribution in [0.4, 0.5) is 5.82 Å². The molecule has 3 nitrogen and oxygen atoms in total. The van der Waals surface area contributed by atoms with Crippen molar-refractivity contribution >= 4 is 17.4 Å². The Balaban J connectivity index is 2.39. The molecule has 1 aromatic rings. The molecule has 0 unspecified atom stereocenters. The van der Waals surface area contributed by atoms with Crippen LogP contribution in [0.1, 0.15) is 31.2 Å². The van der Waals surface area contributed by atoms with Crippen molar-refractivity contribution in [3.63, 3.8) is 0 Å². The summed E-state index contributed by atoms with van der Waals surface area (Å²) in [5.74, 6) is 1.82. The topological polar surface area (TPSA) is 29.0 Å². The zero-order chi connectivity index (χ0) is 11.0. The van der Waals surface area contributed by atoms with E-state index < -0.39 is 0 Å². The first-order valence-corrected chi connectivity index (χ1v) is 5.77. The van der Waals surface area contributed by atoms with Crippen LogP contribution in [0.5, 0.6) is 0 Å². The molecule has 0 saturated heterocycles. The lowest BCUT2D eigenvalue weighted by atomic mass is 10.3. The Hall–Kier alpha value is -0.830. The van der Waals surface area contributed by atoms with Crippen LogP contribution < -0.4 is 4.90 Å². The molecular formula is C11H16ClN3. The highest BCUT2D eigenvalue weighted by Gasteiger charge is 2.28. The molecule has 1 aliphatic rings. The van der Waals surface area contributed by atoms with E-state index in [2.05, 4.69) is 21.9 Å². The lowest BCUT2D eigenvalue weighted by molar-refractivity contribution is 0.845. The van der Waals surface area contributed by atoms with Gasteiger partial charge in [0.2, 0.25) is 0 Å². The van der Waals surface area contributed by atoms with Gasteiger partial charge in [0, 0.05) is 25.1 Å². The molecule has 0 aromatic carbocycles. The van der Waals surface area contributed by atoms with E-state index in [0.29, 0.717) is 11.2 Å². The first-order valence-electron chi connectivity index (χ1n) is 5.39. The van der Waals surface area contributed by atoms with Crippen LogP contribution >= 0.6 is 11.6 Å². The third-order valence-electron chi connectivity index (χ3n) is 2.85. The number of hydrogen-bond donors (Lipinski definition) is 0. The quantitative estimate of drug-likeness (QED) is 0.741. The summed E-state index contributed by atoms with van der Waals surface area (Å²) in [5.41, 5.74) is 0.989. The molecule has 0 aliphatic heterocycles. The highest BCUT2D eigenvalue weighted by Crippen LogP contribution is 2.32. The summed E-state index contributed by atoms with van der Waals surface area (Å²) in [5, 5.41) is 0.587. The fourth-order valence-electron chi connectivity index (χ4n) is 1.66. The van der Waals surface area contributed by atoms with Crippen molar-refractivity contribution in [2.45, 2.75) is 39.2 Å². The van der Waals surface area contributed by atoms with E-state index >= 15 is 0 Å². The van der Waals surface area contributed by atoms with E-state index in [1.807, 2.05) is 13.8 Å². The summed E-state index contributed by atoms with van der Waals surface area (Å²) in [6.07, 6.45) is 3.35. The van der Waals surface area contributed by atoms with E-state index in [-0.39, 0.29) is 0 Å². The van der Waals surface area contributed by atoms with Gasteiger partial charge in [-0.25, -0.2) is 9.97 Å². The molecule has 1 saturated carbocycles. The third-order valence-corrected chi connectivity index (χ3v) is 3.22. The SMILES string of the molecule is CCc1nc(Cl)c(C)c(N(C)C2CC2)n1. The smallest absolute Gasteiger partial charge is 0.137 e. The van der Waals surface area contributed by atoms with Crippen molar-refractivity contribution in [3.05, 3.63) is 16.5 Å². The molecule has 15 heavy (non-hydrogen) atoms. The molecule has 0 amide bonds. The second-order valence-corrected chi connectivity index (χ2v) is 4.43. The summed E-state index contributed by atoms with van der Waals surface area (Å²) in [6, 6.07) is 0.652. The minimum atomic E-state index is 0.587. The van der Waals surface area contributed by atoms with E-state index in [9.17, 15) is 0 Å². The van der Waals surface area contributed by atoms with Gasteiger partial charge in [-0.1, -0.05) is 18.5 Å². The van der Waals surface area contributed by atoms with Gasteiger partial charge in [-0.2, -0.15) is 0 Å². The molecule has 1 heterocycles. The molecular weight excluding hydrogens is 210 g/mol. The van der Waals surface area contributed by atoms with Crippen molar-refractivity contribution in [3.8, 4) is 0 Å². The van der Waals surface area contributed by atoms with Gasteiger partial charge in [0.15, 0.2) is 0 Å². The van der Waals surface area contributed by atoms with E-state index in [1.54, 1.807) is 0 Å². The highest BCUT2D eigenvalue weighted by molar-refractivity contribution is 6.30. The van der Waals surface area contributed by atoms with Gasteiger partial charge in [0.05, 0.1) is 0 Å². The van der Waals surface area contributed by atoms with Gasteiger partial charge >= 0.3 is 0 Å². The highest BCUT2D eigenvalue weighted by atomic mass is 35.5. The van der Waals surface area contributed by atoms with Gasteiger partial charge < -0.3 is 4.90 Å². The van der Waals surface area contributed by atoms with Crippen LogP contribution in [0, 0.1) is 6.92 Å². The molecule has 4 heteroatoms. The van der Waals surface area contributed by atoms with Crippen molar-refractivity contribution in [1.29, 1.82) is 0 Å². The largest absolute Gasteiger partial charge is 0.356 e. The molecule has 0 N–H and O–H groups in total. The van der Waals surface area contributed by atoms with Crippen LogP contribution in [-0.4, -0.2) is 23.1 Å². The maximum absolute atomic E-state index is 6.09. The Morgan fingerprint density at radius 3 is 2.60 bits per heavy atom. The van der Waals surface area contributed by atoms with Crippen molar-refractivity contribution < 1.29 is 0 Å². The van der Waals surface area contributed by atoms with Crippen LogP contribution in [0.15, 0.2) is 0 Å². The number of anilines is 1. The van der Waals surface area contributed by atoms with Crippen molar-refractivity contribution in [2.24, 2.45) is 0 Å². The second-order valence-electron chi connectivity index (χ2n) is 4.07. The average molecular weight is 226 g/mol. The van der Waals surface area contributed by atoms with Crippen LogP contribution in [0.2, 0.25) is 5.15 Å². The molecule has 0 spiro atoms. The first kappa shape index (κ1) is 10.7. The predicted octanol–water partition coefficient (Wildman–Crippen LogP) is 2.60. The van der Waals surface area contributed by atoms with E-state index in [0.717, 1.165) is 23.6 Å². The minimum absolute atomic E-state index is 0.587. The molecule has 82 valence electrons. The maximum Gasteiger partial charge on any atom is 0.137 e. The number of hydrogen-bond acceptors (Lipinski definition) is 3. The van der Waals surface area contributed by atoms with Crippen LogP contribution in [-0.2, 0) is 6.42 Å². The first-order chi connectivity index (χ1) is 7.13.